The SMILES string of the molecule is CNC(c1cc(Cl)cc(Cl)c1)C1CCCCCC1. The molecule has 1 aliphatic carbocycles. The molecular formula is C15H21Cl2N. The van der Waals surface area contributed by atoms with Crippen LogP contribution >= 0.6 is 23.2 Å². The van der Waals surface area contributed by atoms with Gasteiger partial charge in [0.1, 0.15) is 0 Å². The van der Waals surface area contributed by atoms with E-state index in [-0.39, 0.29) is 0 Å². The molecule has 100 valence electrons. The molecule has 18 heavy (non-hydrogen) atoms. The Hall–Kier alpha value is -0.240. The van der Waals surface area contributed by atoms with E-state index in [1.54, 1.807) is 6.07 Å². The summed E-state index contributed by atoms with van der Waals surface area (Å²) in [6, 6.07) is 6.25. The highest BCUT2D eigenvalue weighted by molar-refractivity contribution is 6.34. The molecule has 1 aromatic carbocycles. The smallest absolute Gasteiger partial charge is 0.0424 e. The molecule has 0 saturated heterocycles. The Morgan fingerprint density at radius 2 is 1.56 bits per heavy atom. The van der Waals surface area contributed by atoms with E-state index in [1.807, 2.05) is 19.2 Å². The van der Waals surface area contributed by atoms with Crippen molar-refractivity contribution in [1.29, 1.82) is 0 Å². The molecule has 0 radical (unpaired) electrons. The second-order valence-electron chi connectivity index (χ2n) is 5.22. The molecule has 0 bridgehead atoms. The summed E-state index contributed by atoms with van der Waals surface area (Å²) in [6.45, 7) is 0. The number of hydrogen-bond acceptors (Lipinski definition) is 1. The van der Waals surface area contributed by atoms with Gasteiger partial charge in [-0.05, 0) is 49.6 Å². The fourth-order valence-corrected chi connectivity index (χ4v) is 3.62. The lowest BCUT2D eigenvalue weighted by Crippen LogP contribution is -2.25. The zero-order chi connectivity index (χ0) is 13.0. The van der Waals surface area contributed by atoms with E-state index in [2.05, 4.69) is 5.32 Å². The Kier molecular flexibility index (Phi) is 5.35. The molecule has 1 saturated carbocycles. The van der Waals surface area contributed by atoms with E-state index in [9.17, 15) is 0 Å². The first-order valence-corrected chi connectivity index (χ1v) is 7.59. The zero-order valence-electron chi connectivity index (χ0n) is 10.9. The second kappa shape index (κ2) is 6.79. The van der Waals surface area contributed by atoms with E-state index in [4.69, 9.17) is 23.2 Å². The molecular weight excluding hydrogens is 265 g/mol. The van der Waals surface area contributed by atoms with Gasteiger partial charge in [-0.25, -0.2) is 0 Å². The molecule has 0 spiro atoms. The summed E-state index contributed by atoms with van der Waals surface area (Å²) in [5, 5.41) is 4.91. The van der Waals surface area contributed by atoms with Crippen LogP contribution in [-0.2, 0) is 0 Å². The topological polar surface area (TPSA) is 12.0 Å². The van der Waals surface area contributed by atoms with Gasteiger partial charge in [-0.1, -0.05) is 48.9 Å². The van der Waals surface area contributed by atoms with Gasteiger partial charge >= 0.3 is 0 Å². The number of hydrogen-bond donors (Lipinski definition) is 1. The van der Waals surface area contributed by atoms with Crippen LogP contribution in [0.5, 0.6) is 0 Å². The first-order chi connectivity index (χ1) is 8.70. The maximum atomic E-state index is 6.11. The van der Waals surface area contributed by atoms with E-state index in [0.717, 1.165) is 10.0 Å². The average Bonchev–Trinajstić information content (AvgIpc) is 2.58. The molecule has 1 nitrogen and oxygen atoms in total. The van der Waals surface area contributed by atoms with Crippen LogP contribution in [0.15, 0.2) is 18.2 Å². The fraction of sp³-hybridized carbons (Fsp3) is 0.600. The minimum absolute atomic E-state index is 0.374. The van der Waals surface area contributed by atoms with Gasteiger partial charge in [-0.2, -0.15) is 0 Å². The van der Waals surface area contributed by atoms with Crippen molar-refractivity contribution in [2.24, 2.45) is 5.92 Å². The lowest BCUT2D eigenvalue weighted by atomic mass is 9.87. The van der Waals surface area contributed by atoms with Crippen LogP contribution in [0.3, 0.4) is 0 Å². The van der Waals surface area contributed by atoms with Crippen molar-refractivity contribution in [3.05, 3.63) is 33.8 Å². The number of rotatable bonds is 3. The minimum Gasteiger partial charge on any atom is -0.313 e. The van der Waals surface area contributed by atoms with Gasteiger partial charge in [0.05, 0.1) is 0 Å². The quantitative estimate of drug-likeness (QED) is 0.751. The largest absolute Gasteiger partial charge is 0.313 e. The summed E-state index contributed by atoms with van der Waals surface area (Å²) in [4.78, 5) is 0. The summed E-state index contributed by atoms with van der Waals surface area (Å²) < 4.78 is 0. The van der Waals surface area contributed by atoms with Gasteiger partial charge in [-0.3, -0.25) is 0 Å². The maximum absolute atomic E-state index is 6.11. The summed E-state index contributed by atoms with van der Waals surface area (Å²) in [6.07, 6.45) is 8.05. The highest BCUT2D eigenvalue weighted by Crippen LogP contribution is 2.35. The van der Waals surface area contributed by atoms with Gasteiger partial charge in [0.2, 0.25) is 0 Å². The van der Waals surface area contributed by atoms with Crippen molar-refractivity contribution in [2.75, 3.05) is 7.05 Å². The van der Waals surface area contributed by atoms with E-state index in [0.29, 0.717) is 12.0 Å². The lowest BCUT2D eigenvalue weighted by Gasteiger charge is -2.26. The van der Waals surface area contributed by atoms with Crippen molar-refractivity contribution in [3.63, 3.8) is 0 Å². The van der Waals surface area contributed by atoms with Gasteiger partial charge in [0, 0.05) is 16.1 Å². The Morgan fingerprint density at radius 1 is 1.00 bits per heavy atom. The molecule has 2 rings (SSSR count). The average molecular weight is 286 g/mol. The molecule has 0 aromatic heterocycles. The van der Waals surface area contributed by atoms with Gasteiger partial charge in [0.15, 0.2) is 0 Å². The maximum Gasteiger partial charge on any atom is 0.0424 e. The standard InChI is InChI=1S/C15H21Cl2N/c1-18-15(11-6-4-2-3-5-7-11)12-8-13(16)10-14(17)9-12/h8-11,15,18H,2-7H2,1H3. The van der Waals surface area contributed by atoms with Crippen LogP contribution in [0.25, 0.3) is 0 Å². The van der Waals surface area contributed by atoms with Crippen molar-refractivity contribution < 1.29 is 0 Å². The highest BCUT2D eigenvalue weighted by Gasteiger charge is 2.23. The minimum atomic E-state index is 0.374. The fourth-order valence-electron chi connectivity index (χ4n) is 3.07. The first-order valence-electron chi connectivity index (χ1n) is 6.84. The first kappa shape index (κ1) is 14.2. The van der Waals surface area contributed by atoms with E-state index >= 15 is 0 Å². The molecule has 1 aromatic rings. The Bertz CT molecular complexity index is 364. The Balaban J connectivity index is 2.20. The number of benzene rings is 1. The van der Waals surface area contributed by atoms with Crippen molar-refractivity contribution in [2.45, 2.75) is 44.6 Å². The third-order valence-electron chi connectivity index (χ3n) is 3.93. The molecule has 1 fully saturated rings. The summed E-state index contributed by atoms with van der Waals surface area (Å²) in [5.41, 5.74) is 1.22. The third kappa shape index (κ3) is 3.63. The predicted octanol–water partition coefficient (Wildman–Crippen LogP) is 5.22. The molecule has 1 atom stereocenters. The lowest BCUT2D eigenvalue weighted by molar-refractivity contribution is 0.341. The van der Waals surface area contributed by atoms with Crippen LogP contribution in [0.1, 0.15) is 50.1 Å². The van der Waals surface area contributed by atoms with Crippen LogP contribution in [0.4, 0.5) is 0 Å². The van der Waals surface area contributed by atoms with Crippen LogP contribution in [0, 0.1) is 5.92 Å². The van der Waals surface area contributed by atoms with Crippen molar-refractivity contribution in [1.82, 2.24) is 5.32 Å². The molecule has 1 aliphatic rings. The number of halogens is 2. The van der Waals surface area contributed by atoms with E-state index in [1.165, 1.54) is 44.1 Å². The van der Waals surface area contributed by atoms with E-state index < -0.39 is 0 Å². The second-order valence-corrected chi connectivity index (χ2v) is 6.09. The van der Waals surface area contributed by atoms with Gasteiger partial charge in [-0.15, -0.1) is 0 Å². The summed E-state index contributed by atoms with van der Waals surface area (Å²) >= 11 is 12.2. The normalized spacial score (nSPS) is 19.5. The van der Waals surface area contributed by atoms with Gasteiger partial charge in [0.25, 0.3) is 0 Å². The van der Waals surface area contributed by atoms with Crippen molar-refractivity contribution in [3.8, 4) is 0 Å². The predicted molar refractivity (Wildman–Crippen MR) is 79.5 cm³/mol. The molecule has 3 heteroatoms. The number of nitrogens with one attached hydrogen (secondary N) is 1. The van der Waals surface area contributed by atoms with Crippen LogP contribution in [-0.4, -0.2) is 7.05 Å². The zero-order valence-corrected chi connectivity index (χ0v) is 12.4. The van der Waals surface area contributed by atoms with Gasteiger partial charge < -0.3 is 5.32 Å². The monoisotopic (exact) mass is 285 g/mol. The summed E-state index contributed by atoms with van der Waals surface area (Å²) in [7, 11) is 2.03. The van der Waals surface area contributed by atoms with Crippen molar-refractivity contribution >= 4 is 23.2 Å². The molecule has 1 N–H and O–H groups in total. The summed E-state index contributed by atoms with van der Waals surface area (Å²) in [5.74, 6) is 0.701. The Morgan fingerprint density at radius 3 is 2.06 bits per heavy atom. The van der Waals surface area contributed by atoms with Crippen LogP contribution < -0.4 is 5.32 Å². The molecule has 0 amide bonds. The van der Waals surface area contributed by atoms with Crippen LogP contribution in [0.2, 0.25) is 10.0 Å². The Labute approximate surface area is 120 Å². The molecule has 0 aliphatic heterocycles. The highest BCUT2D eigenvalue weighted by atomic mass is 35.5. The third-order valence-corrected chi connectivity index (χ3v) is 4.36. The molecule has 1 unspecified atom stereocenters. The molecule has 0 heterocycles.